The fourth-order valence-corrected chi connectivity index (χ4v) is 7.93. The van der Waals surface area contributed by atoms with Crippen LogP contribution in [0, 0.1) is 0 Å². The van der Waals surface area contributed by atoms with Gasteiger partial charge in [-0.1, -0.05) is 103 Å². The van der Waals surface area contributed by atoms with E-state index in [2.05, 4.69) is 59.7 Å². The topological polar surface area (TPSA) is 92.8 Å². The molecule has 1 aliphatic rings. The van der Waals surface area contributed by atoms with Crippen molar-refractivity contribution in [3.05, 3.63) is 102 Å². The Morgan fingerprint density at radius 2 is 1.47 bits per heavy atom. The number of hydrogen-bond donors (Lipinski definition) is 1. The summed E-state index contributed by atoms with van der Waals surface area (Å²) in [6.07, 6.45) is 7.52. The van der Waals surface area contributed by atoms with E-state index in [0.717, 1.165) is 21.6 Å². The van der Waals surface area contributed by atoms with Gasteiger partial charge in [0.25, 0.3) is 0 Å². The quantitative estimate of drug-likeness (QED) is 0.430. The molecule has 9 heteroatoms. The van der Waals surface area contributed by atoms with Crippen molar-refractivity contribution in [2.24, 2.45) is 0 Å². The van der Waals surface area contributed by atoms with Crippen LogP contribution in [0.3, 0.4) is 0 Å². The highest BCUT2D eigenvalue weighted by molar-refractivity contribution is 7.94. The molecule has 38 heavy (non-hydrogen) atoms. The van der Waals surface area contributed by atoms with Gasteiger partial charge < -0.3 is 0 Å². The second-order valence-corrected chi connectivity index (χ2v) is 15.2. The van der Waals surface area contributed by atoms with Crippen LogP contribution in [0.5, 0.6) is 0 Å². The van der Waals surface area contributed by atoms with Gasteiger partial charge >= 0.3 is 10.3 Å². The highest BCUT2D eigenvalue weighted by atomic mass is 32.2. The van der Waals surface area contributed by atoms with Gasteiger partial charge in [0.05, 0.1) is 4.90 Å². The molecule has 0 saturated carbocycles. The number of likely N-dealkylation sites (N-methyl/N-ethyl adjacent to an activating group) is 1. The number of benzene rings is 2. The normalized spacial score (nSPS) is 20.5. The van der Waals surface area contributed by atoms with Gasteiger partial charge in [0, 0.05) is 19.2 Å². The van der Waals surface area contributed by atoms with Crippen LogP contribution in [0.25, 0.3) is 0 Å². The zero-order valence-electron chi connectivity index (χ0n) is 23.1. The number of nitrogens with zero attached hydrogens (tertiary/aromatic N) is 1. The summed E-state index contributed by atoms with van der Waals surface area (Å²) >= 11 is 0. The first-order chi connectivity index (χ1) is 17.5. The molecule has 3 rings (SSSR count). The summed E-state index contributed by atoms with van der Waals surface area (Å²) in [5.41, 5.74) is 4.37. The number of rotatable bonds is 8. The van der Waals surface area contributed by atoms with Crippen molar-refractivity contribution in [2.45, 2.75) is 68.1 Å². The third-order valence-electron chi connectivity index (χ3n) is 6.79. The van der Waals surface area contributed by atoms with Crippen molar-refractivity contribution in [3.63, 3.8) is 0 Å². The van der Waals surface area contributed by atoms with Gasteiger partial charge in [0.2, 0.25) is 9.84 Å². The SMILES string of the molecule is C=CNOS(=O)(=O)N(C)C1(S(=O)(=O)c2ccccc2)C=CC=CC1c1cc(C(C)(C)C)cc(C(C)(C)C)c1. The Kier molecular flexibility index (Phi) is 8.20. The lowest BCUT2D eigenvalue weighted by molar-refractivity contribution is 0.202. The Morgan fingerprint density at radius 3 is 1.97 bits per heavy atom. The van der Waals surface area contributed by atoms with Crippen molar-refractivity contribution in [3.8, 4) is 0 Å². The van der Waals surface area contributed by atoms with Crippen LogP contribution in [0.15, 0.2) is 90.5 Å². The van der Waals surface area contributed by atoms with Gasteiger partial charge in [-0.05, 0) is 45.7 Å². The minimum atomic E-state index is -4.60. The van der Waals surface area contributed by atoms with Crippen LogP contribution in [0.4, 0.5) is 0 Å². The first-order valence-electron chi connectivity index (χ1n) is 12.3. The average Bonchev–Trinajstić information content (AvgIpc) is 2.86. The fraction of sp³-hybridized carbons (Fsp3) is 0.379. The van der Waals surface area contributed by atoms with E-state index < -0.39 is 30.9 Å². The smallest absolute Gasteiger partial charge is 0.256 e. The summed E-state index contributed by atoms with van der Waals surface area (Å²) in [6.45, 7) is 16.0. The molecule has 0 amide bonds. The van der Waals surface area contributed by atoms with E-state index in [1.54, 1.807) is 36.4 Å². The van der Waals surface area contributed by atoms with Gasteiger partial charge in [0.1, 0.15) is 0 Å². The molecule has 0 radical (unpaired) electrons. The Morgan fingerprint density at radius 1 is 0.921 bits per heavy atom. The molecule has 2 atom stereocenters. The molecule has 206 valence electrons. The molecule has 2 aromatic rings. The fourth-order valence-electron chi connectivity index (χ4n) is 4.50. The molecule has 0 heterocycles. The van der Waals surface area contributed by atoms with E-state index >= 15 is 0 Å². The minimum Gasteiger partial charge on any atom is -0.256 e. The largest absolute Gasteiger partial charge is 0.360 e. The molecule has 2 aromatic carbocycles. The first kappa shape index (κ1) is 29.8. The third kappa shape index (κ3) is 5.52. The van der Waals surface area contributed by atoms with E-state index in [4.69, 9.17) is 4.28 Å². The molecular formula is C29H38N2O5S2. The standard InChI is InChI=1S/C29H38N2O5S2/c1-9-30-36-38(34,35)31(8)29(37(32,33)25-15-11-10-12-16-25)18-14-13-17-26(29)22-19-23(27(2,3)4)21-24(20-22)28(5,6)7/h9-21,26,30H,1H2,2-8H3. The second-order valence-electron chi connectivity index (χ2n) is 11.5. The molecule has 0 aromatic heterocycles. The maximum absolute atomic E-state index is 14.5. The number of hydroxylamine groups is 1. The van der Waals surface area contributed by atoms with E-state index in [0.29, 0.717) is 5.56 Å². The molecule has 0 saturated heterocycles. The van der Waals surface area contributed by atoms with E-state index in [1.165, 1.54) is 25.3 Å². The minimum absolute atomic E-state index is 0.00768. The number of nitrogens with one attached hydrogen (secondary N) is 1. The van der Waals surface area contributed by atoms with Crippen molar-refractivity contribution in [1.29, 1.82) is 0 Å². The molecule has 7 nitrogen and oxygen atoms in total. The van der Waals surface area contributed by atoms with E-state index in [-0.39, 0.29) is 15.7 Å². The first-order valence-corrected chi connectivity index (χ1v) is 15.2. The zero-order valence-corrected chi connectivity index (χ0v) is 24.7. The Labute approximate surface area is 228 Å². The lowest BCUT2D eigenvalue weighted by Crippen LogP contribution is -2.58. The predicted octanol–water partition coefficient (Wildman–Crippen LogP) is 5.50. The van der Waals surface area contributed by atoms with Crippen molar-refractivity contribution >= 4 is 20.1 Å². The molecule has 0 fully saturated rings. The Hall–Kier alpha value is -2.72. The Bertz CT molecular complexity index is 1420. The summed E-state index contributed by atoms with van der Waals surface area (Å²) in [5.74, 6) is -0.895. The van der Waals surface area contributed by atoms with Crippen molar-refractivity contribution < 1.29 is 21.1 Å². The number of sulfone groups is 1. The van der Waals surface area contributed by atoms with Crippen molar-refractivity contribution in [1.82, 2.24) is 9.79 Å². The van der Waals surface area contributed by atoms with Gasteiger partial charge in [-0.2, -0.15) is 12.7 Å². The van der Waals surface area contributed by atoms with Crippen LogP contribution >= 0.6 is 0 Å². The average molecular weight is 559 g/mol. The molecule has 2 unspecified atom stereocenters. The summed E-state index contributed by atoms with van der Waals surface area (Å²) in [7, 11) is -7.74. The van der Waals surface area contributed by atoms with E-state index in [1.807, 2.05) is 12.1 Å². The zero-order chi connectivity index (χ0) is 28.6. The summed E-state index contributed by atoms with van der Waals surface area (Å²) in [5, 5.41) is 0. The molecule has 1 N–H and O–H groups in total. The lowest BCUT2D eigenvalue weighted by Gasteiger charge is -2.43. The van der Waals surface area contributed by atoms with Gasteiger partial charge in [0.15, 0.2) is 4.87 Å². The number of hydrogen-bond acceptors (Lipinski definition) is 6. The highest BCUT2D eigenvalue weighted by Gasteiger charge is 2.57. The van der Waals surface area contributed by atoms with Crippen LogP contribution in [-0.2, 0) is 35.3 Å². The maximum atomic E-state index is 14.5. The number of allylic oxidation sites excluding steroid dienone is 2. The van der Waals surface area contributed by atoms with Crippen LogP contribution in [-0.4, -0.2) is 33.1 Å². The van der Waals surface area contributed by atoms with Gasteiger partial charge in [-0.15, -0.1) is 4.28 Å². The molecule has 0 spiro atoms. The molecule has 1 aliphatic carbocycles. The van der Waals surface area contributed by atoms with Crippen LogP contribution < -0.4 is 5.48 Å². The lowest BCUT2D eigenvalue weighted by atomic mass is 9.76. The molecule has 0 bridgehead atoms. The third-order valence-corrected chi connectivity index (χ3v) is 10.6. The van der Waals surface area contributed by atoms with Gasteiger partial charge in [-0.25, -0.2) is 8.42 Å². The van der Waals surface area contributed by atoms with Crippen LogP contribution in [0.1, 0.15) is 64.2 Å². The van der Waals surface area contributed by atoms with Crippen molar-refractivity contribution in [2.75, 3.05) is 7.05 Å². The maximum Gasteiger partial charge on any atom is 0.360 e. The predicted molar refractivity (Wildman–Crippen MR) is 152 cm³/mol. The summed E-state index contributed by atoms with van der Waals surface area (Å²) < 4.78 is 61.5. The van der Waals surface area contributed by atoms with Crippen LogP contribution in [0.2, 0.25) is 0 Å². The monoisotopic (exact) mass is 558 g/mol. The highest BCUT2D eigenvalue weighted by Crippen LogP contribution is 2.47. The summed E-state index contributed by atoms with van der Waals surface area (Å²) in [4.78, 5) is -2.08. The molecular weight excluding hydrogens is 520 g/mol. The second kappa shape index (κ2) is 10.4. The summed E-state index contributed by atoms with van der Waals surface area (Å²) in [6, 6.07) is 14.0. The molecule has 0 aliphatic heterocycles. The van der Waals surface area contributed by atoms with E-state index in [9.17, 15) is 16.8 Å². The Balaban J connectivity index is 2.43. The van der Waals surface area contributed by atoms with Gasteiger partial charge in [-0.3, -0.25) is 5.48 Å².